The van der Waals surface area contributed by atoms with Gasteiger partial charge in [0.15, 0.2) is 0 Å². The maximum atomic E-state index is 13.2. The summed E-state index contributed by atoms with van der Waals surface area (Å²) in [6, 6.07) is 1.02. The first-order valence-corrected chi connectivity index (χ1v) is 6.78. The second kappa shape index (κ2) is 5.86. The van der Waals surface area contributed by atoms with Gasteiger partial charge < -0.3 is 9.29 Å². The minimum Gasteiger partial charge on any atom is -0.598 e. The predicted octanol–water partition coefficient (Wildman–Crippen LogP) is 2.34. The number of pyridine rings is 1. The normalized spacial score (nSPS) is 15.3. The van der Waals surface area contributed by atoms with E-state index >= 15 is 0 Å². The Labute approximate surface area is 110 Å². The molecule has 0 aliphatic heterocycles. The lowest BCUT2D eigenvalue weighted by Crippen LogP contribution is -2.40. The molecule has 2 atom stereocenters. The molecule has 0 saturated carbocycles. The predicted molar refractivity (Wildman–Crippen MR) is 70.2 cm³/mol. The summed E-state index contributed by atoms with van der Waals surface area (Å²) in [6.45, 7) is 7.39. The van der Waals surface area contributed by atoms with Crippen LogP contribution in [0.15, 0.2) is 12.3 Å². The van der Waals surface area contributed by atoms with Gasteiger partial charge in [-0.3, -0.25) is 0 Å². The Morgan fingerprint density at radius 2 is 2.11 bits per heavy atom. The number of aromatic nitrogens is 1. The van der Waals surface area contributed by atoms with E-state index in [2.05, 4.69) is 9.71 Å². The van der Waals surface area contributed by atoms with Gasteiger partial charge >= 0.3 is 0 Å². The van der Waals surface area contributed by atoms with Crippen LogP contribution < -0.4 is 9.46 Å². The highest BCUT2D eigenvalue weighted by Crippen LogP contribution is 2.25. The third-order valence-corrected chi connectivity index (χ3v) is 4.03. The van der Waals surface area contributed by atoms with E-state index in [-0.39, 0.29) is 10.8 Å². The van der Waals surface area contributed by atoms with E-state index in [1.54, 1.807) is 6.92 Å². The van der Waals surface area contributed by atoms with Crippen molar-refractivity contribution < 1.29 is 13.7 Å². The summed E-state index contributed by atoms with van der Waals surface area (Å²) < 4.78 is 32.8. The monoisotopic (exact) mass is 274 g/mol. The number of nitrogens with one attached hydrogen (secondary N) is 1. The Balaban J connectivity index is 2.90. The molecule has 1 aromatic rings. The van der Waals surface area contributed by atoms with Gasteiger partial charge in [0.2, 0.25) is 5.88 Å². The maximum absolute atomic E-state index is 13.2. The molecule has 0 spiro atoms. The first-order valence-electron chi connectivity index (χ1n) is 5.63. The molecule has 18 heavy (non-hydrogen) atoms. The van der Waals surface area contributed by atoms with Crippen molar-refractivity contribution in [1.82, 2.24) is 9.71 Å². The standard InChI is InChI=1S/C12H19FN2O2S/c1-8(15-18(16)12(2,3)4)10-6-9(13)7-14-11(10)17-5/h6-8,15H,1-5H3/t8-,18?/m0/s1. The van der Waals surface area contributed by atoms with Crippen molar-refractivity contribution >= 4 is 11.4 Å². The van der Waals surface area contributed by atoms with E-state index in [1.165, 1.54) is 13.2 Å². The molecule has 0 aromatic carbocycles. The lowest BCUT2D eigenvalue weighted by Gasteiger charge is -2.26. The van der Waals surface area contributed by atoms with Gasteiger partial charge in [-0.15, -0.1) is 4.72 Å². The fraction of sp³-hybridized carbons (Fsp3) is 0.583. The van der Waals surface area contributed by atoms with Crippen LogP contribution in [0.3, 0.4) is 0 Å². The van der Waals surface area contributed by atoms with Gasteiger partial charge in [0.1, 0.15) is 10.6 Å². The smallest absolute Gasteiger partial charge is 0.218 e. The molecule has 4 nitrogen and oxygen atoms in total. The van der Waals surface area contributed by atoms with Gasteiger partial charge in [-0.1, -0.05) is 0 Å². The van der Waals surface area contributed by atoms with Gasteiger partial charge in [-0.05, 0) is 33.8 Å². The van der Waals surface area contributed by atoms with Gasteiger partial charge in [0, 0.05) is 16.9 Å². The van der Waals surface area contributed by atoms with E-state index in [1.807, 2.05) is 20.8 Å². The number of ether oxygens (including phenoxy) is 1. The van der Waals surface area contributed by atoms with Crippen LogP contribution in [0.1, 0.15) is 39.3 Å². The first-order chi connectivity index (χ1) is 8.25. The fourth-order valence-corrected chi connectivity index (χ4v) is 2.13. The number of nitrogens with zero attached hydrogens (tertiary/aromatic N) is 1. The summed E-state index contributed by atoms with van der Waals surface area (Å²) in [5, 5.41) is 0. The Morgan fingerprint density at radius 3 is 2.61 bits per heavy atom. The highest BCUT2D eigenvalue weighted by molar-refractivity contribution is 7.90. The third kappa shape index (κ3) is 3.83. The summed E-state index contributed by atoms with van der Waals surface area (Å²) in [7, 11) is 1.47. The zero-order valence-electron chi connectivity index (χ0n) is 11.3. The average molecular weight is 274 g/mol. The first kappa shape index (κ1) is 15.2. The third-order valence-electron chi connectivity index (χ3n) is 2.35. The van der Waals surface area contributed by atoms with Crippen LogP contribution in [0.4, 0.5) is 4.39 Å². The Bertz CT molecular complexity index is 410. The molecule has 6 heteroatoms. The largest absolute Gasteiger partial charge is 0.598 e. The molecule has 0 saturated heterocycles. The Hall–Kier alpha value is -0.850. The zero-order valence-corrected chi connectivity index (χ0v) is 12.1. The Morgan fingerprint density at radius 1 is 1.50 bits per heavy atom. The molecule has 0 radical (unpaired) electrons. The second-order valence-electron chi connectivity index (χ2n) is 4.97. The number of rotatable bonds is 4. The number of hydrogen-bond donors (Lipinski definition) is 1. The van der Waals surface area contributed by atoms with Crippen molar-refractivity contribution in [3.05, 3.63) is 23.6 Å². The highest BCUT2D eigenvalue weighted by Gasteiger charge is 2.29. The molecule has 0 aliphatic carbocycles. The average Bonchev–Trinajstić information content (AvgIpc) is 2.27. The van der Waals surface area contributed by atoms with E-state index in [4.69, 9.17) is 4.74 Å². The summed E-state index contributed by atoms with van der Waals surface area (Å²) >= 11 is -1.24. The van der Waals surface area contributed by atoms with Crippen molar-refractivity contribution in [2.75, 3.05) is 7.11 Å². The minimum atomic E-state index is -1.24. The molecule has 1 N–H and O–H groups in total. The molecule has 0 bridgehead atoms. The van der Waals surface area contributed by atoms with Crippen molar-refractivity contribution in [3.63, 3.8) is 0 Å². The van der Waals surface area contributed by atoms with Crippen LogP contribution in [0.5, 0.6) is 5.88 Å². The lowest BCUT2D eigenvalue weighted by molar-refractivity contribution is 0.385. The van der Waals surface area contributed by atoms with E-state index in [0.29, 0.717) is 11.4 Å². The molecule has 1 heterocycles. The van der Waals surface area contributed by atoms with Crippen LogP contribution in [-0.2, 0) is 11.4 Å². The summed E-state index contributed by atoms with van der Waals surface area (Å²) in [5.41, 5.74) is 0.551. The van der Waals surface area contributed by atoms with Gasteiger partial charge in [0.05, 0.1) is 19.3 Å². The molecule has 102 valence electrons. The molecular formula is C12H19FN2O2S. The van der Waals surface area contributed by atoms with Gasteiger partial charge in [-0.25, -0.2) is 9.37 Å². The van der Waals surface area contributed by atoms with Crippen LogP contribution >= 0.6 is 0 Å². The van der Waals surface area contributed by atoms with Crippen LogP contribution in [0.25, 0.3) is 0 Å². The van der Waals surface area contributed by atoms with Crippen molar-refractivity contribution in [3.8, 4) is 5.88 Å². The van der Waals surface area contributed by atoms with Crippen molar-refractivity contribution in [1.29, 1.82) is 0 Å². The van der Waals surface area contributed by atoms with Crippen molar-refractivity contribution in [2.45, 2.75) is 38.5 Å². The van der Waals surface area contributed by atoms with Gasteiger partial charge in [-0.2, -0.15) is 0 Å². The molecule has 0 amide bonds. The summed E-state index contributed by atoms with van der Waals surface area (Å²) in [4.78, 5) is 3.85. The zero-order chi connectivity index (χ0) is 13.9. The van der Waals surface area contributed by atoms with Crippen LogP contribution in [0.2, 0.25) is 0 Å². The quantitative estimate of drug-likeness (QED) is 0.856. The molecule has 1 unspecified atom stereocenters. The van der Waals surface area contributed by atoms with Crippen LogP contribution in [-0.4, -0.2) is 21.4 Å². The molecule has 1 aromatic heterocycles. The highest BCUT2D eigenvalue weighted by atomic mass is 32.2. The summed E-state index contributed by atoms with van der Waals surface area (Å²) in [5.74, 6) is -0.108. The summed E-state index contributed by atoms with van der Waals surface area (Å²) in [6.07, 6.45) is 1.09. The second-order valence-corrected chi connectivity index (χ2v) is 6.97. The van der Waals surface area contributed by atoms with Gasteiger partial charge in [0.25, 0.3) is 0 Å². The number of methoxy groups -OCH3 is 1. The van der Waals surface area contributed by atoms with Crippen LogP contribution in [0, 0.1) is 5.82 Å². The molecule has 0 aliphatic rings. The number of hydrogen-bond acceptors (Lipinski definition) is 4. The number of halogens is 1. The van der Waals surface area contributed by atoms with E-state index in [9.17, 15) is 8.94 Å². The lowest BCUT2D eigenvalue weighted by atomic mass is 10.1. The fourth-order valence-electron chi connectivity index (χ4n) is 1.32. The van der Waals surface area contributed by atoms with E-state index < -0.39 is 17.2 Å². The molecule has 1 rings (SSSR count). The van der Waals surface area contributed by atoms with E-state index in [0.717, 1.165) is 6.20 Å². The molecular weight excluding hydrogens is 255 g/mol. The van der Waals surface area contributed by atoms with Crippen molar-refractivity contribution in [2.24, 2.45) is 0 Å². The molecule has 0 fully saturated rings. The SMILES string of the molecule is COc1ncc(F)cc1[C@H](C)N[S+]([O-])C(C)(C)C. The Kier molecular flexibility index (Phi) is 4.95. The topological polar surface area (TPSA) is 57.2 Å². The maximum Gasteiger partial charge on any atom is 0.218 e. The minimum absolute atomic E-state index is 0.316.